The molecular weight excluding hydrogens is 354 g/mol. The Morgan fingerprint density at radius 1 is 1.31 bits per heavy atom. The number of hydrogen-bond donors (Lipinski definition) is 2. The number of hydrazone groups is 1. The van der Waals surface area contributed by atoms with E-state index in [2.05, 4.69) is 15.8 Å². The van der Waals surface area contributed by atoms with Crippen LogP contribution in [0, 0.1) is 10.1 Å². The third-order valence-corrected chi connectivity index (χ3v) is 3.61. The molecule has 2 N–H and O–H groups in total. The number of anilines is 2. The number of benzene rings is 2. The molecule has 0 aromatic heterocycles. The molecule has 0 spiro atoms. The van der Waals surface area contributed by atoms with Crippen LogP contribution in [0.4, 0.5) is 17.1 Å². The average molecular weight is 373 g/mol. The Kier molecular flexibility index (Phi) is 6.45. The molecule has 0 aliphatic heterocycles. The van der Waals surface area contributed by atoms with Crippen molar-refractivity contribution >= 4 is 40.6 Å². The van der Waals surface area contributed by atoms with Gasteiger partial charge in [0.15, 0.2) is 5.11 Å². The normalized spacial score (nSPS) is 10.4. The summed E-state index contributed by atoms with van der Waals surface area (Å²) in [6.07, 6.45) is 1.46. The molecule has 0 bridgehead atoms. The smallest absolute Gasteiger partial charge is 0.293 e. The van der Waals surface area contributed by atoms with Crippen LogP contribution in [0.3, 0.4) is 0 Å². The standard InChI is InChI=1S/C17H19N5O3S/c1-21(2)14-9-8-12(10-15(14)22(23)24)11-18-20-17(26)19-13-6-4-5-7-16(13)25-3/h4-11H,1-3H3,(H2,19,20,26)/b18-11-. The summed E-state index contributed by atoms with van der Waals surface area (Å²) in [6.45, 7) is 0. The van der Waals surface area contributed by atoms with Gasteiger partial charge in [-0.3, -0.25) is 15.5 Å². The van der Waals surface area contributed by atoms with E-state index in [1.54, 1.807) is 44.3 Å². The molecule has 0 aliphatic carbocycles. The second-order valence-electron chi connectivity index (χ2n) is 5.42. The fourth-order valence-electron chi connectivity index (χ4n) is 2.21. The first-order valence-electron chi connectivity index (χ1n) is 7.61. The summed E-state index contributed by atoms with van der Waals surface area (Å²) in [4.78, 5) is 12.5. The zero-order valence-corrected chi connectivity index (χ0v) is 15.4. The number of methoxy groups -OCH3 is 1. The molecule has 0 saturated carbocycles. The number of nitro benzene ring substituents is 1. The highest BCUT2D eigenvalue weighted by Crippen LogP contribution is 2.27. The molecule has 9 heteroatoms. The number of thiocarbonyl (C=S) groups is 1. The monoisotopic (exact) mass is 373 g/mol. The largest absolute Gasteiger partial charge is 0.495 e. The van der Waals surface area contributed by atoms with E-state index in [1.807, 2.05) is 18.2 Å². The number of hydrogen-bond acceptors (Lipinski definition) is 6. The Hall–Kier alpha value is -3.20. The van der Waals surface area contributed by atoms with E-state index in [9.17, 15) is 10.1 Å². The van der Waals surface area contributed by atoms with Gasteiger partial charge in [0.25, 0.3) is 5.69 Å². The van der Waals surface area contributed by atoms with Crippen LogP contribution in [-0.4, -0.2) is 37.5 Å². The fraction of sp³-hybridized carbons (Fsp3) is 0.176. The van der Waals surface area contributed by atoms with Crippen molar-refractivity contribution < 1.29 is 9.66 Å². The van der Waals surface area contributed by atoms with Crippen molar-refractivity contribution in [3.8, 4) is 5.75 Å². The topological polar surface area (TPSA) is 92.0 Å². The number of ether oxygens (including phenoxy) is 1. The van der Waals surface area contributed by atoms with Gasteiger partial charge in [-0.15, -0.1) is 0 Å². The molecular formula is C17H19N5O3S. The Labute approximate surface area is 156 Å². The minimum absolute atomic E-state index is 0.00803. The van der Waals surface area contributed by atoms with Gasteiger partial charge < -0.3 is 15.0 Å². The lowest BCUT2D eigenvalue weighted by molar-refractivity contribution is -0.384. The molecule has 0 heterocycles. The quantitative estimate of drug-likeness (QED) is 0.348. The maximum Gasteiger partial charge on any atom is 0.293 e. The molecule has 8 nitrogen and oxygen atoms in total. The van der Waals surface area contributed by atoms with Gasteiger partial charge in [0.2, 0.25) is 0 Å². The molecule has 136 valence electrons. The fourth-order valence-corrected chi connectivity index (χ4v) is 2.37. The molecule has 0 radical (unpaired) electrons. The Balaban J connectivity index is 2.05. The van der Waals surface area contributed by atoms with Crippen LogP contribution in [0.15, 0.2) is 47.6 Å². The third-order valence-electron chi connectivity index (χ3n) is 3.41. The van der Waals surface area contributed by atoms with Crippen molar-refractivity contribution in [3.63, 3.8) is 0 Å². The lowest BCUT2D eigenvalue weighted by atomic mass is 10.2. The van der Waals surface area contributed by atoms with E-state index < -0.39 is 4.92 Å². The number of nitro groups is 1. The summed E-state index contributed by atoms with van der Waals surface area (Å²) in [6, 6.07) is 12.2. The van der Waals surface area contributed by atoms with Gasteiger partial charge in [0.05, 0.1) is 23.9 Å². The first-order chi connectivity index (χ1) is 12.4. The highest BCUT2D eigenvalue weighted by molar-refractivity contribution is 7.80. The van der Waals surface area contributed by atoms with Gasteiger partial charge in [-0.25, -0.2) is 0 Å². The molecule has 0 aliphatic rings. The Morgan fingerprint density at radius 2 is 2.04 bits per heavy atom. The van der Waals surface area contributed by atoms with Crippen LogP contribution in [0.25, 0.3) is 0 Å². The molecule has 0 saturated heterocycles. The zero-order chi connectivity index (χ0) is 19.1. The minimum Gasteiger partial charge on any atom is -0.495 e. The van der Waals surface area contributed by atoms with Gasteiger partial charge in [-0.05, 0) is 30.4 Å². The molecule has 0 atom stereocenters. The minimum atomic E-state index is -0.423. The highest BCUT2D eigenvalue weighted by atomic mass is 32.1. The SMILES string of the molecule is COc1ccccc1NC(=S)N/N=C\c1ccc(N(C)C)c([N+](=O)[O-])c1. The summed E-state index contributed by atoms with van der Waals surface area (Å²) in [7, 11) is 5.07. The van der Waals surface area contributed by atoms with Crippen LogP contribution < -0.4 is 20.4 Å². The third kappa shape index (κ3) is 4.90. The van der Waals surface area contributed by atoms with E-state index in [1.165, 1.54) is 12.3 Å². The van der Waals surface area contributed by atoms with Crippen molar-refractivity contribution in [1.29, 1.82) is 0 Å². The second-order valence-corrected chi connectivity index (χ2v) is 5.83. The summed E-state index contributed by atoms with van der Waals surface area (Å²) < 4.78 is 5.23. The van der Waals surface area contributed by atoms with Gasteiger partial charge >= 0.3 is 0 Å². The first-order valence-corrected chi connectivity index (χ1v) is 8.02. The van der Waals surface area contributed by atoms with E-state index in [-0.39, 0.29) is 10.8 Å². The predicted octanol–water partition coefficient (Wildman–Crippen LogP) is 2.99. The number of nitrogens with one attached hydrogen (secondary N) is 2. The van der Waals surface area contributed by atoms with Crippen LogP contribution in [0.5, 0.6) is 5.75 Å². The number of para-hydroxylation sites is 2. The van der Waals surface area contributed by atoms with Gasteiger partial charge in [0, 0.05) is 25.7 Å². The van der Waals surface area contributed by atoms with Crippen molar-refractivity contribution in [2.24, 2.45) is 5.10 Å². The predicted molar refractivity (Wildman–Crippen MR) is 107 cm³/mol. The molecule has 2 aromatic carbocycles. The summed E-state index contributed by atoms with van der Waals surface area (Å²) in [5.74, 6) is 0.649. The van der Waals surface area contributed by atoms with Crippen molar-refractivity contribution in [1.82, 2.24) is 5.43 Å². The Morgan fingerprint density at radius 3 is 2.69 bits per heavy atom. The van der Waals surface area contributed by atoms with Crippen LogP contribution in [0.2, 0.25) is 0 Å². The van der Waals surface area contributed by atoms with E-state index >= 15 is 0 Å². The Bertz CT molecular complexity index is 839. The first kappa shape index (κ1) is 19.1. The van der Waals surface area contributed by atoms with Crippen LogP contribution >= 0.6 is 12.2 Å². The van der Waals surface area contributed by atoms with Crippen molar-refractivity contribution in [2.45, 2.75) is 0 Å². The molecule has 2 rings (SSSR count). The maximum absolute atomic E-state index is 11.2. The molecule has 0 fully saturated rings. The van der Waals surface area contributed by atoms with Gasteiger partial charge in [-0.2, -0.15) is 5.10 Å². The van der Waals surface area contributed by atoms with E-state index in [0.29, 0.717) is 22.7 Å². The average Bonchev–Trinajstić information content (AvgIpc) is 2.61. The van der Waals surface area contributed by atoms with E-state index in [0.717, 1.165) is 0 Å². The van der Waals surface area contributed by atoms with Gasteiger partial charge in [0.1, 0.15) is 11.4 Å². The summed E-state index contributed by atoms with van der Waals surface area (Å²) in [5, 5.41) is 18.4. The summed E-state index contributed by atoms with van der Waals surface area (Å²) >= 11 is 5.17. The second kappa shape index (κ2) is 8.77. The van der Waals surface area contributed by atoms with Gasteiger partial charge in [-0.1, -0.05) is 18.2 Å². The molecule has 0 unspecified atom stereocenters. The summed E-state index contributed by atoms with van der Waals surface area (Å²) in [5.41, 5.74) is 4.48. The van der Waals surface area contributed by atoms with Crippen molar-refractivity contribution in [2.75, 3.05) is 31.4 Å². The van der Waals surface area contributed by atoms with E-state index in [4.69, 9.17) is 17.0 Å². The molecule has 0 amide bonds. The van der Waals surface area contributed by atoms with Crippen LogP contribution in [-0.2, 0) is 0 Å². The van der Waals surface area contributed by atoms with Crippen molar-refractivity contribution in [3.05, 3.63) is 58.1 Å². The number of nitrogens with zero attached hydrogens (tertiary/aromatic N) is 3. The number of rotatable bonds is 6. The molecule has 26 heavy (non-hydrogen) atoms. The highest BCUT2D eigenvalue weighted by Gasteiger charge is 2.15. The van der Waals surface area contributed by atoms with Crippen LogP contribution in [0.1, 0.15) is 5.56 Å². The lowest BCUT2D eigenvalue weighted by Crippen LogP contribution is -2.24. The molecule has 2 aromatic rings. The zero-order valence-electron chi connectivity index (χ0n) is 14.6. The maximum atomic E-state index is 11.2. The lowest BCUT2D eigenvalue weighted by Gasteiger charge is -2.12.